The molecule has 0 spiro atoms. The zero-order valence-electron chi connectivity index (χ0n) is 20.1. The molecule has 0 aliphatic carbocycles. The Labute approximate surface area is 204 Å². The third-order valence-electron chi connectivity index (χ3n) is 6.15. The molecule has 1 atom stereocenters. The van der Waals surface area contributed by atoms with Gasteiger partial charge in [0.1, 0.15) is 23.4 Å². The summed E-state index contributed by atoms with van der Waals surface area (Å²) in [4.78, 5) is 25.6. The van der Waals surface area contributed by atoms with Crippen LogP contribution in [0.4, 0.5) is 0 Å². The molecule has 2 heterocycles. The Morgan fingerprint density at radius 1 is 0.971 bits per heavy atom. The molecule has 2 aliphatic rings. The van der Waals surface area contributed by atoms with Crippen molar-refractivity contribution in [2.45, 2.75) is 39.2 Å². The Morgan fingerprint density at radius 3 is 2.46 bits per heavy atom. The fraction of sp³-hybridized carbons (Fsp3) is 0.200. The lowest BCUT2D eigenvalue weighted by Gasteiger charge is -2.22. The molecule has 5 rings (SSSR count). The molecule has 0 amide bonds. The third kappa shape index (κ3) is 4.50. The van der Waals surface area contributed by atoms with Crippen LogP contribution in [-0.2, 0) is 5.41 Å². The van der Waals surface area contributed by atoms with Crippen molar-refractivity contribution >= 4 is 17.8 Å². The highest BCUT2D eigenvalue weighted by atomic mass is 16.5. The van der Waals surface area contributed by atoms with Crippen molar-refractivity contribution < 1.29 is 23.8 Å². The number of esters is 1. The number of ether oxygens (including phenoxy) is 3. The van der Waals surface area contributed by atoms with Crippen LogP contribution >= 0.6 is 0 Å². The number of fused-ring (bicyclic) bond motifs is 2. The summed E-state index contributed by atoms with van der Waals surface area (Å²) in [5, 5.41) is 0. The van der Waals surface area contributed by atoms with Crippen molar-refractivity contribution in [1.82, 2.24) is 0 Å². The molecule has 3 aromatic carbocycles. The summed E-state index contributed by atoms with van der Waals surface area (Å²) in [7, 11) is 0. The summed E-state index contributed by atoms with van der Waals surface area (Å²) in [6, 6.07) is 19.9. The third-order valence-corrected chi connectivity index (χ3v) is 6.15. The van der Waals surface area contributed by atoms with E-state index in [1.165, 1.54) is 0 Å². The molecule has 3 aromatic rings. The quantitative estimate of drug-likeness (QED) is 0.250. The minimum Gasteiger partial charge on any atom is -0.485 e. The number of Topliss-reactive ketones (excluding diaryl/α,β-unsaturated/α-hetero) is 1. The maximum Gasteiger partial charge on any atom is 0.343 e. The summed E-state index contributed by atoms with van der Waals surface area (Å²) < 4.78 is 17.4. The smallest absolute Gasteiger partial charge is 0.343 e. The van der Waals surface area contributed by atoms with Crippen LogP contribution in [0.1, 0.15) is 59.5 Å². The summed E-state index contributed by atoms with van der Waals surface area (Å²) in [5.74, 6) is 1.00. The van der Waals surface area contributed by atoms with E-state index in [1.807, 2.05) is 49.4 Å². The van der Waals surface area contributed by atoms with Gasteiger partial charge in [-0.2, -0.15) is 0 Å². The van der Waals surface area contributed by atoms with Crippen LogP contribution in [0.5, 0.6) is 17.2 Å². The van der Waals surface area contributed by atoms with E-state index in [2.05, 4.69) is 20.8 Å². The first-order valence-electron chi connectivity index (χ1n) is 11.6. The highest BCUT2D eigenvalue weighted by Gasteiger charge is 2.29. The minimum absolute atomic E-state index is 0.00149. The average molecular weight is 467 g/mol. The van der Waals surface area contributed by atoms with E-state index in [9.17, 15) is 9.59 Å². The topological polar surface area (TPSA) is 61.8 Å². The van der Waals surface area contributed by atoms with Gasteiger partial charge in [-0.25, -0.2) is 4.79 Å². The lowest BCUT2D eigenvalue weighted by Crippen LogP contribution is -2.18. The minimum atomic E-state index is -0.470. The van der Waals surface area contributed by atoms with E-state index in [0.29, 0.717) is 22.6 Å². The van der Waals surface area contributed by atoms with Gasteiger partial charge in [0.2, 0.25) is 5.78 Å². The van der Waals surface area contributed by atoms with Gasteiger partial charge in [0.05, 0.1) is 11.1 Å². The van der Waals surface area contributed by atoms with Crippen molar-refractivity contribution in [3.63, 3.8) is 0 Å². The number of benzene rings is 3. The number of hydrogen-bond acceptors (Lipinski definition) is 5. The molecule has 0 N–H and O–H groups in total. The number of carbonyl (C=O) groups is 2. The van der Waals surface area contributed by atoms with Crippen LogP contribution in [0.2, 0.25) is 0 Å². The number of hydrogen-bond donors (Lipinski definition) is 0. The Morgan fingerprint density at radius 2 is 1.71 bits per heavy atom. The lowest BCUT2D eigenvalue weighted by atomic mass is 9.87. The highest BCUT2D eigenvalue weighted by molar-refractivity contribution is 6.12. The van der Waals surface area contributed by atoms with Gasteiger partial charge in [-0.1, -0.05) is 51.1 Å². The summed E-state index contributed by atoms with van der Waals surface area (Å²) in [6.45, 7) is 8.28. The zero-order valence-corrected chi connectivity index (χ0v) is 20.1. The molecular weight excluding hydrogens is 440 g/mol. The SMILES string of the molecule is CC1Oc2ccccc2C=C1C=C1Oc2cc(OC(=O)c3ccc(C(C)(C)C)cc3)ccc2C1=O. The van der Waals surface area contributed by atoms with Gasteiger partial charge in [-0.15, -0.1) is 0 Å². The second kappa shape index (κ2) is 8.58. The first-order valence-corrected chi connectivity index (χ1v) is 11.6. The van der Waals surface area contributed by atoms with E-state index < -0.39 is 5.97 Å². The van der Waals surface area contributed by atoms with Crippen molar-refractivity contribution in [2.75, 3.05) is 0 Å². The maximum atomic E-state index is 12.9. The van der Waals surface area contributed by atoms with Gasteiger partial charge in [-0.05, 0) is 66.0 Å². The predicted molar refractivity (Wildman–Crippen MR) is 134 cm³/mol. The summed E-state index contributed by atoms with van der Waals surface area (Å²) >= 11 is 0. The van der Waals surface area contributed by atoms with E-state index in [1.54, 1.807) is 36.4 Å². The molecule has 0 aromatic heterocycles. The molecule has 176 valence electrons. The molecule has 0 radical (unpaired) electrons. The second-order valence-corrected chi connectivity index (χ2v) is 9.76. The Hall–Kier alpha value is -4.12. The van der Waals surface area contributed by atoms with Gasteiger partial charge in [0, 0.05) is 11.6 Å². The molecule has 5 heteroatoms. The number of rotatable bonds is 3. The van der Waals surface area contributed by atoms with Gasteiger partial charge >= 0.3 is 5.97 Å². The van der Waals surface area contributed by atoms with E-state index in [4.69, 9.17) is 14.2 Å². The molecule has 2 aliphatic heterocycles. The van der Waals surface area contributed by atoms with Crippen LogP contribution in [0.25, 0.3) is 6.08 Å². The van der Waals surface area contributed by atoms with Crippen LogP contribution in [0.3, 0.4) is 0 Å². The van der Waals surface area contributed by atoms with E-state index in [0.717, 1.165) is 22.4 Å². The van der Waals surface area contributed by atoms with Crippen molar-refractivity contribution in [1.29, 1.82) is 0 Å². The van der Waals surface area contributed by atoms with E-state index in [-0.39, 0.29) is 23.1 Å². The van der Waals surface area contributed by atoms with Gasteiger partial charge in [0.25, 0.3) is 0 Å². The summed E-state index contributed by atoms with van der Waals surface area (Å²) in [6.07, 6.45) is 3.48. The highest BCUT2D eigenvalue weighted by Crippen LogP contribution is 2.36. The largest absolute Gasteiger partial charge is 0.485 e. The standard InChI is InChI=1S/C30H26O5/c1-18-21(15-20-7-5-6-8-25(20)33-18)16-27-28(31)24-14-13-23(17-26(24)35-27)34-29(32)19-9-11-22(12-10-19)30(2,3)4/h5-18H,1-4H3. The lowest BCUT2D eigenvalue weighted by molar-refractivity contribution is 0.0734. The van der Waals surface area contributed by atoms with Crippen molar-refractivity contribution in [2.24, 2.45) is 0 Å². The zero-order chi connectivity index (χ0) is 24.7. The second-order valence-electron chi connectivity index (χ2n) is 9.76. The molecule has 0 saturated carbocycles. The van der Waals surface area contributed by atoms with Gasteiger partial charge in [0.15, 0.2) is 5.76 Å². The molecule has 0 fully saturated rings. The monoisotopic (exact) mass is 466 g/mol. The molecule has 0 saturated heterocycles. The van der Waals surface area contributed by atoms with Crippen LogP contribution < -0.4 is 14.2 Å². The fourth-order valence-corrected chi connectivity index (χ4v) is 4.08. The van der Waals surface area contributed by atoms with Crippen LogP contribution in [0.15, 0.2) is 84.1 Å². The predicted octanol–water partition coefficient (Wildman–Crippen LogP) is 6.53. The molecule has 1 unspecified atom stereocenters. The van der Waals surface area contributed by atoms with Crippen LogP contribution in [0, 0.1) is 0 Å². The summed E-state index contributed by atoms with van der Waals surface area (Å²) in [5.41, 5.74) is 3.80. The first-order chi connectivity index (χ1) is 16.7. The average Bonchev–Trinajstić information content (AvgIpc) is 3.13. The normalized spacial score (nSPS) is 17.7. The van der Waals surface area contributed by atoms with Gasteiger partial charge < -0.3 is 14.2 Å². The number of carbonyl (C=O) groups excluding carboxylic acids is 2. The fourth-order valence-electron chi connectivity index (χ4n) is 4.08. The number of ketones is 1. The Bertz CT molecular complexity index is 1390. The van der Waals surface area contributed by atoms with E-state index >= 15 is 0 Å². The number of para-hydroxylation sites is 1. The maximum absolute atomic E-state index is 12.9. The first kappa shape index (κ1) is 22.7. The van der Waals surface area contributed by atoms with Crippen molar-refractivity contribution in [3.8, 4) is 17.2 Å². The van der Waals surface area contributed by atoms with Crippen molar-refractivity contribution in [3.05, 3.63) is 106 Å². The molecular formula is C30H26O5. The molecule has 35 heavy (non-hydrogen) atoms. The molecule has 5 nitrogen and oxygen atoms in total. The Kier molecular flexibility index (Phi) is 5.56. The van der Waals surface area contributed by atoms with Crippen LogP contribution in [-0.4, -0.2) is 17.9 Å². The number of allylic oxidation sites excluding steroid dienone is 1. The molecule has 0 bridgehead atoms. The van der Waals surface area contributed by atoms with Gasteiger partial charge in [-0.3, -0.25) is 4.79 Å². The Balaban J connectivity index is 1.34.